The van der Waals surface area contributed by atoms with Crippen LogP contribution in [0.4, 0.5) is 0 Å². The quantitative estimate of drug-likeness (QED) is 0.865. The van der Waals surface area contributed by atoms with Crippen molar-refractivity contribution in [1.82, 2.24) is 4.90 Å². The maximum absolute atomic E-state index is 12.0. The molecule has 1 aromatic rings. The van der Waals surface area contributed by atoms with Crippen LogP contribution in [0.3, 0.4) is 0 Å². The molecular weight excluding hydrogens is 310 g/mol. The van der Waals surface area contributed by atoms with Crippen LogP contribution in [0.5, 0.6) is 11.5 Å². The summed E-state index contributed by atoms with van der Waals surface area (Å²) in [6.07, 6.45) is 5.05. The molecule has 1 aliphatic heterocycles. The summed E-state index contributed by atoms with van der Waals surface area (Å²) in [5, 5.41) is 8.89. The number of hydrogen-bond donors (Lipinski definition) is 1. The van der Waals surface area contributed by atoms with Gasteiger partial charge in [-0.1, -0.05) is 6.07 Å². The molecule has 1 unspecified atom stereocenters. The standard InChI is InChI=1S/C18H23NO5/c1-23-15-7-6-12(8-16(15)24-14-4-2-3-5-14)13-9-17(20)19(10-13)11-18(21)22/h6-8,13-14H,2-5,9-11H2,1H3,(H,21,22). The number of hydrogen-bond acceptors (Lipinski definition) is 4. The number of amides is 1. The van der Waals surface area contributed by atoms with Crippen molar-refractivity contribution in [3.63, 3.8) is 0 Å². The van der Waals surface area contributed by atoms with Gasteiger partial charge in [0.15, 0.2) is 11.5 Å². The Morgan fingerprint density at radius 2 is 2.04 bits per heavy atom. The second-order valence-electron chi connectivity index (χ2n) is 6.50. The molecule has 0 radical (unpaired) electrons. The van der Waals surface area contributed by atoms with Gasteiger partial charge in [0.05, 0.1) is 13.2 Å². The zero-order chi connectivity index (χ0) is 17.1. The monoisotopic (exact) mass is 333 g/mol. The molecule has 24 heavy (non-hydrogen) atoms. The number of methoxy groups -OCH3 is 1. The van der Waals surface area contributed by atoms with E-state index < -0.39 is 5.97 Å². The Bertz CT molecular complexity index is 624. The summed E-state index contributed by atoms with van der Waals surface area (Å²) in [6, 6.07) is 5.74. The molecule has 1 heterocycles. The summed E-state index contributed by atoms with van der Waals surface area (Å²) in [7, 11) is 1.62. The van der Waals surface area contributed by atoms with Gasteiger partial charge in [-0.05, 0) is 43.4 Å². The predicted octanol–water partition coefficient (Wildman–Crippen LogP) is 2.42. The molecule has 1 saturated heterocycles. The molecule has 0 bridgehead atoms. The van der Waals surface area contributed by atoms with E-state index in [1.165, 1.54) is 17.7 Å². The molecule has 1 atom stereocenters. The molecule has 0 spiro atoms. The summed E-state index contributed by atoms with van der Waals surface area (Å²) < 4.78 is 11.5. The van der Waals surface area contributed by atoms with E-state index in [0.29, 0.717) is 24.5 Å². The van der Waals surface area contributed by atoms with Crippen LogP contribution in [0.2, 0.25) is 0 Å². The molecule has 2 aliphatic rings. The van der Waals surface area contributed by atoms with Gasteiger partial charge < -0.3 is 19.5 Å². The number of carboxylic acids is 1. The molecular formula is C18H23NO5. The van der Waals surface area contributed by atoms with Gasteiger partial charge in [-0.2, -0.15) is 0 Å². The van der Waals surface area contributed by atoms with Gasteiger partial charge in [0.2, 0.25) is 5.91 Å². The number of benzene rings is 1. The number of aliphatic carboxylic acids is 1. The highest BCUT2D eigenvalue weighted by molar-refractivity contribution is 5.84. The smallest absolute Gasteiger partial charge is 0.323 e. The van der Waals surface area contributed by atoms with Crippen LogP contribution in [0.25, 0.3) is 0 Å². The Hall–Kier alpha value is -2.24. The number of likely N-dealkylation sites (tertiary alicyclic amines) is 1. The van der Waals surface area contributed by atoms with E-state index in [0.717, 1.165) is 18.4 Å². The molecule has 6 heteroatoms. The minimum Gasteiger partial charge on any atom is -0.493 e. The van der Waals surface area contributed by atoms with E-state index in [9.17, 15) is 9.59 Å². The number of ether oxygens (including phenoxy) is 2. The molecule has 1 saturated carbocycles. The number of carbonyl (C=O) groups excluding carboxylic acids is 1. The summed E-state index contributed by atoms with van der Waals surface area (Å²) >= 11 is 0. The third-order valence-corrected chi connectivity index (χ3v) is 4.80. The average molecular weight is 333 g/mol. The second-order valence-corrected chi connectivity index (χ2v) is 6.50. The van der Waals surface area contributed by atoms with Gasteiger partial charge in [-0.25, -0.2) is 0 Å². The SMILES string of the molecule is COc1ccc(C2CC(=O)N(CC(=O)O)C2)cc1OC1CCCC1. The Labute approximate surface area is 141 Å². The summed E-state index contributed by atoms with van der Waals surface area (Å²) in [4.78, 5) is 24.2. The Balaban J connectivity index is 1.76. The van der Waals surface area contributed by atoms with E-state index in [1.54, 1.807) is 7.11 Å². The zero-order valence-corrected chi connectivity index (χ0v) is 13.9. The second kappa shape index (κ2) is 7.11. The van der Waals surface area contributed by atoms with Crippen LogP contribution in [0.1, 0.15) is 43.6 Å². The molecule has 130 valence electrons. The number of carboxylic acid groups (broad SMARTS) is 1. The minimum absolute atomic E-state index is 0.00585. The van der Waals surface area contributed by atoms with Crippen LogP contribution in [-0.2, 0) is 9.59 Å². The average Bonchev–Trinajstić information content (AvgIpc) is 3.17. The zero-order valence-electron chi connectivity index (χ0n) is 13.9. The minimum atomic E-state index is -0.982. The van der Waals surface area contributed by atoms with Gasteiger partial charge in [0, 0.05) is 18.9 Å². The van der Waals surface area contributed by atoms with Crippen molar-refractivity contribution < 1.29 is 24.2 Å². The third-order valence-electron chi connectivity index (χ3n) is 4.80. The molecule has 0 aromatic heterocycles. The number of rotatable bonds is 6. The van der Waals surface area contributed by atoms with Crippen molar-refractivity contribution in [2.24, 2.45) is 0 Å². The molecule has 2 fully saturated rings. The molecule has 6 nitrogen and oxygen atoms in total. The van der Waals surface area contributed by atoms with E-state index >= 15 is 0 Å². The molecule has 3 rings (SSSR count). The van der Waals surface area contributed by atoms with E-state index in [1.807, 2.05) is 18.2 Å². The first-order valence-corrected chi connectivity index (χ1v) is 8.41. The number of carbonyl (C=O) groups is 2. The third kappa shape index (κ3) is 3.63. The molecule has 1 amide bonds. The Kier molecular flexibility index (Phi) is 4.92. The van der Waals surface area contributed by atoms with Gasteiger partial charge in [-0.3, -0.25) is 9.59 Å². The lowest BCUT2D eigenvalue weighted by Gasteiger charge is -2.19. The van der Waals surface area contributed by atoms with Crippen molar-refractivity contribution >= 4 is 11.9 Å². The van der Waals surface area contributed by atoms with Crippen molar-refractivity contribution in [1.29, 1.82) is 0 Å². The normalized spacial score (nSPS) is 21.3. The highest BCUT2D eigenvalue weighted by Gasteiger charge is 2.32. The Morgan fingerprint density at radius 1 is 1.29 bits per heavy atom. The van der Waals surface area contributed by atoms with E-state index in [-0.39, 0.29) is 24.5 Å². The predicted molar refractivity (Wildman–Crippen MR) is 87.5 cm³/mol. The van der Waals surface area contributed by atoms with Gasteiger partial charge in [0.25, 0.3) is 0 Å². The fraction of sp³-hybridized carbons (Fsp3) is 0.556. The van der Waals surface area contributed by atoms with Crippen molar-refractivity contribution in [2.45, 2.75) is 44.1 Å². The number of nitrogens with zero attached hydrogens (tertiary/aromatic N) is 1. The molecule has 1 aliphatic carbocycles. The van der Waals surface area contributed by atoms with Crippen molar-refractivity contribution in [3.05, 3.63) is 23.8 Å². The lowest BCUT2D eigenvalue weighted by atomic mass is 9.98. The van der Waals surface area contributed by atoms with Crippen LogP contribution >= 0.6 is 0 Å². The Morgan fingerprint density at radius 3 is 2.71 bits per heavy atom. The first kappa shape index (κ1) is 16.6. The fourth-order valence-electron chi connectivity index (χ4n) is 3.54. The van der Waals surface area contributed by atoms with Gasteiger partial charge >= 0.3 is 5.97 Å². The highest BCUT2D eigenvalue weighted by atomic mass is 16.5. The lowest BCUT2D eigenvalue weighted by molar-refractivity contribution is -0.142. The van der Waals surface area contributed by atoms with Crippen LogP contribution < -0.4 is 9.47 Å². The fourth-order valence-corrected chi connectivity index (χ4v) is 3.54. The van der Waals surface area contributed by atoms with Crippen molar-refractivity contribution in [3.8, 4) is 11.5 Å². The lowest BCUT2D eigenvalue weighted by Crippen LogP contribution is -2.30. The molecule has 1 aromatic carbocycles. The van der Waals surface area contributed by atoms with Crippen LogP contribution in [0.15, 0.2) is 18.2 Å². The van der Waals surface area contributed by atoms with E-state index in [4.69, 9.17) is 14.6 Å². The highest BCUT2D eigenvalue weighted by Crippen LogP contribution is 2.36. The first-order chi connectivity index (χ1) is 11.6. The van der Waals surface area contributed by atoms with Gasteiger partial charge in [-0.15, -0.1) is 0 Å². The summed E-state index contributed by atoms with van der Waals surface area (Å²) in [5.74, 6) is 0.303. The maximum atomic E-state index is 12.0. The van der Waals surface area contributed by atoms with Crippen LogP contribution in [-0.4, -0.2) is 48.2 Å². The van der Waals surface area contributed by atoms with Gasteiger partial charge in [0.1, 0.15) is 6.54 Å². The van der Waals surface area contributed by atoms with E-state index in [2.05, 4.69) is 0 Å². The van der Waals surface area contributed by atoms with Crippen molar-refractivity contribution in [2.75, 3.05) is 20.2 Å². The topological polar surface area (TPSA) is 76.1 Å². The molecule has 1 N–H and O–H groups in total. The first-order valence-electron chi connectivity index (χ1n) is 8.41. The van der Waals surface area contributed by atoms with Crippen LogP contribution in [0, 0.1) is 0 Å². The summed E-state index contributed by atoms with van der Waals surface area (Å²) in [6.45, 7) is 0.192. The largest absolute Gasteiger partial charge is 0.493 e. The maximum Gasteiger partial charge on any atom is 0.323 e. The summed E-state index contributed by atoms with van der Waals surface area (Å²) in [5.41, 5.74) is 0.991.